The van der Waals surface area contributed by atoms with Crippen molar-refractivity contribution in [2.45, 2.75) is 0 Å². The van der Waals surface area contributed by atoms with Crippen molar-refractivity contribution in [3.8, 4) is 45.2 Å². The van der Waals surface area contributed by atoms with Gasteiger partial charge in [0.1, 0.15) is 5.65 Å². The molecule has 6 aromatic carbocycles. The molecule has 228 valence electrons. The Kier molecular flexibility index (Phi) is 6.11. The second-order valence-corrected chi connectivity index (χ2v) is 12.4. The zero-order valence-electron chi connectivity index (χ0n) is 26.3. The van der Waals surface area contributed by atoms with Crippen LogP contribution in [0.5, 0.6) is 0 Å². The monoisotopic (exact) mass is 625 g/mol. The summed E-state index contributed by atoms with van der Waals surface area (Å²) in [5.41, 5.74) is 9.69. The fourth-order valence-corrected chi connectivity index (χ4v) is 6.98. The van der Waals surface area contributed by atoms with E-state index in [2.05, 4.69) is 132 Å². The van der Waals surface area contributed by atoms with Crippen LogP contribution in [0.2, 0.25) is 0 Å². The average molecular weight is 626 g/mol. The van der Waals surface area contributed by atoms with Crippen molar-refractivity contribution in [1.82, 2.24) is 24.3 Å². The van der Waals surface area contributed by atoms with Gasteiger partial charge in [-0.15, -0.1) is 0 Å². The molecular weight excluding hydrogens is 599 g/mol. The van der Waals surface area contributed by atoms with Gasteiger partial charge in [0, 0.05) is 56.2 Å². The zero-order chi connectivity index (χ0) is 32.3. The first-order valence-electron chi connectivity index (χ1n) is 16.4. The highest BCUT2D eigenvalue weighted by molar-refractivity contribution is 6.16. The van der Waals surface area contributed by atoms with Gasteiger partial charge in [-0.1, -0.05) is 127 Å². The van der Waals surface area contributed by atoms with Crippen LogP contribution in [0.3, 0.4) is 0 Å². The summed E-state index contributed by atoms with van der Waals surface area (Å²) < 4.78 is 2.12. The Labute approximate surface area is 281 Å². The predicted octanol–water partition coefficient (Wildman–Crippen LogP) is 10.8. The maximum Gasteiger partial charge on any atom is 0.160 e. The number of benzene rings is 6. The number of imidazole rings is 1. The molecule has 0 amide bonds. The summed E-state index contributed by atoms with van der Waals surface area (Å²) in [6.07, 6.45) is 4.19. The fraction of sp³-hybridized carbons (Fsp3) is 0. The Morgan fingerprint density at radius 1 is 0.408 bits per heavy atom. The Morgan fingerprint density at radius 3 is 1.90 bits per heavy atom. The first kappa shape index (κ1) is 27.4. The number of fused-ring (bicyclic) bond motifs is 7. The second kappa shape index (κ2) is 10.9. The first-order chi connectivity index (χ1) is 24.3. The Morgan fingerprint density at radius 2 is 1.06 bits per heavy atom. The van der Waals surface area contributed by atoms with E-state index in [1.807, 2.05) is 36.4 Å². The lowest BCUT2D eigenvalue weighted by molar-refractivity contribution is 1.20. The van der Waals surface area contributed by atoms with Gasteiger partial charge in [0.15, 0.2) is 5.82 Å². The van der Waals surface area contributed by atoms with Crippen LogP contribution in [-0.2, 0) is 0 Å². The van der Waals surface area contributed by atoms with Gasteiger partial charge in [-0.3, -0.25) is 0 Å². The molecule has 10 rings (SSSR count). The molecule has 0 aliphatic carbocycles. The van der Waals surface area contributed by atoms with Crippen molar-refractivity contribution < 1.29 is 0 Å². The molecule has 0 aliphatic rings. The smallest absolute Gasteiger partial charge is 0.160 e. The molecule has 0 saturated heterocycles. The molecule has 0 atom stereocenters. The highest BCUT2D eigenvalue weighted by Gasteiger charge is 2.17. The molecule has 0 N–H and O–H groups in total. The normalized spacial score (nSPS) is 11.7. The summed E-state index contributed by atoms with van der Waals surface area (Å²) in [4.78, 5) is 20.5. The quantitative estimate of drug-likeness (QED) is 0.183. The minimum Gasteiger partial charge on any atom is -0.306 e. The van der Waals surface area contributed by atoms with E-state index in [0.717, 1.165) is 77.6 Å². The molecular formula is C44H27N5. The van der Waals surface area contributed by atoms with E-state index in [9.17, 15) is 0 Å². The van der Waals surface area contributed by atoms with Crippen molar-refractivity contribution in [2.24, 2.45) is 0 Å². The summed E-state index contributed by atoms with van der Waals surface area (Å²) in [6.45, 7) is 0. The van der Waals surface area contributed by atoms with Crippen LogP contribution in [0.25, 0.3) is 94.2 Å². The molecule has 0 bridgehead atoms. The summed E-state index contributed by atoms with van der Waals surface area (Å²) >= 11 is 0. The number of hydrogen-bond donors (Lipinski definition) is 0. The van der Waals surface area contributed by atoms with Crippen molar-refractivity contribution in [3.63, 3.8) is 0 Å². The van der Waals surface area contributed by atoms with Gasteiger partial charge in [0.25, 0.3) is 0 Å². The van der Waals surface area contributed by atoms with Gasteiger partial charge in [0.05, 0.1) is 28.1 Å². The summed E-state index contributed by atoms with van der Waals surface area (Å²) in [7, 11) is 0. The Bertz CT molecular complexity index is 2870. The first-order valence-corrected chi connectivity index (χ1v) is 16.4. The molecule has 0 fully saturated rings. The maximum atomic E-state index is 5.20. The van der Waals surface area contributed by atoms with Gasteiger partial charge >= 0.3 is 0 Å². The van der Waals surface area contributed by atoms with Crippen LogP contribution >= 0.6 is 0 Å². The molecule has 0 radical (unpaired) electrons. The lowest BCUT2D eigenvalue weighted by atomic mass is 9.99. The molecule has 0 aliphatic heterocycles. The van der Waals surface area contributed by atoms with Gasteiger partial charge < -0.3 is 4.40 Å². The number of nitrogens with zero attached hydrogens (tertiary/aromatic N) is 5. The van der Waals surface area contributed by atoms with Gasteiger partial charge in [-0.2, -0.15) is 0 Å². The third-order valence-electron chi connectivity index (χ3n) is 9.40. The summed E-state index contributed by atoms with van der Waals surface area (Å²) in [5, 5.41) is 6.66. The predicted molar refractivity (Wildman–Crippen MR) is 200 cm³/mol. The summed E-state index contributed by atoms with van der Waals surface area (Å²) in [6, 6.07) is 52.5. The van der Waals surface area contributed by atoms with Gasteiger partial charge in [0.2, 0.25) is 0 Å². The van der Waals surface area contributed by atoms with E-state index in [-0.39, 0.29) is 0 Å². The van der Waals surface area contributed by atoms with Crippen molar-refractivity contribution >= 4 is 49.0 Å². The number of hydrogen-bond acceptors (Lipinski definition) is 4. The molecule has 5 heteroatoms. The van der Waals surface area contributed by atoms with Crippen LogP contribution in [-0.4, -0.2) is 24.3 Å². The van der Waals surface area contributed by atoms with Gasteiger partial charge in [-0.05, 0) is 35.0 Å². The molecule has 0 spiro atoms. The number of aromatic nitrogens is 5. The molecule has 0 unspecified atom stereocenters. The van der Waals surface area contributed by atoms with E-state index >= 15 is 0 Å². The maximum absolute atomic E-state index is 5.20. The molecule has 0 saturated carbocycles. The van der Waals surface area contributed by atoms with Crippen molar-refractivity contribution in [1.29, 1.82) is 0 Å². The van der Waals surface area contributed by atoms with E-state index in [1.165, 1.54) is 10.8 Å². The average Bonchev–Trinajstić information content (AvgIpc) is 3.62. The zero-order valence-corrected chi connectivity index (χ0v) is 26.3. The van der Waals surface area contributed by atoms with Crippen LogP contribution in [0.1, 0.15) is 0 Å². The van der Waals surface area contributed by atoms with Crippen LogP contribution in [0.4, 0.5) is 0 Å². The second-order valence-electron chi connectivity index (χ2n) is 12.4. The Hall–Kier alpha value is -6.72. The molecule has 49 heavy (non-hydrogen) atoms. The van der Waals surface area contributed by atoms with E-state index in [1.54, 1.807) is 0 Å². The molecule has 4 heterocycles. The number of pyridine rings is 2. The third-order valence-corrected chi connectivity index (χ3v) is 9.40. The van der Waals surface area contributed by atoms with E-state index < -0.39 is 0 Å². The van der Waals surface area contributed by atoms with Crippen LogP contribution < -0.4 is 0 Å². The summed E-state index contributed by atoms with van der Waals surface area (Å²) in [5.74, 6) is 0.692. The largest absolute Gasteiger partial charge is 0.306 e. The third kappa shape index (κ3) is 4.55. The van der Waals surface area contributed by atoms with E-state index in [0.29, 0.717) is 5.82 Å². The lowest BCUT2D eigenvalue weighted by Gasteiger charge is -2.12. The van der Waals surface area contributed by atoms with Gasteiger partial charge in [-0.25, -0.2) is 19.9 Å². The lowest BCUT2D eigenvalue weighted by Crippen LogP contribution is -1.96. The van der Waals surface area contributed by atoms with Crippen molar-refractivity contribution in [3.05, 3.63) is 164 Å². The topological polar surface area (TPSA) is 56.0 Å². The highest BCUT2D eigenvalue weighted by Crippen LogP contribution is 2.37. The SMILES string of the molecule is c1ccc(-c2cn3ccc4c(-c5ccc(-c6nc(-c7ccc8ccccc8c7)c7ccccc7n6)cc5)nc5ccccc5c4c3n2)cc1. The van der Waals surface area contributed by atoms with Crippen LogP contribution in [0, 0.1) is 0 Å². The van der Waals surface area contributed by atoms with Crippen molar-refractivity contribution in [2.75, 3.05) is 0 Å². The van der Waals surface area contributed by atoms with E-state index in [4.69, 9.17) is 19.9 Å². The standard InChI is InChI=1S/C44H27N5/c1-2-11-29(12-3-1)39-27-49-25-24-36-40(44(49)47-39)34-14-6-8-16-37(34)45-41(36)30-19-21-31(22-20-30)43-46-38-17-9-7-15-35(38)42(48-43)33-23-18-28-10-4-5-13-32(28)26-33/h1-27H. The molecule has 10 aromatic rings. The minimum atomic E-state index is 0.692. The molecule has 4 aromatic heterocycles. The highest BCUT2D eigenvalue weighted by atomic mass is 15.0. The fourth-order valence-electron chi connectivity index (χ4n) is 6.98. The number of rotatable bonds is 4. The minimum absolute atomic E-state index is 0.692. The Balaban J connectivity index is 1.12. The van der Waals surface area contributed by atoms with Crippen LogP contribution in [0.15, 0.2) is 164 Å². The molecule has 5 nitrogen and oxygen atoms in total. The number of para-hydroxylation sites is 2.